The third kappa shape index (κ3) is 2.00. The number of carboxylic acid groups (broad SMARTS) is 1. The highest BCUT2D eigenvalue weighted by Gasteiger charge is 2.62. The largest absolute Gasteiger partial charge is 0.481 e. The fraction of sp³-hybridized carbons (Fsp3) is 0.900. The number of aliphatic carboxylic acids is 1. The van der Waals surface area contributed by atoms with Gasteiger partial charge in [-0.05, 0) is 13.3 Å². The second-order valence-corrected chi connectivity index (χ2v) is 4.04. The molecule has 5 heteroatoms. The first kappa shape index (κ1) is 12.4. The van der Waals surface area contributed by atoms with Gasteiger partial charge in [-0.3, -0.25) is 4.79 Å². The van der Waals surface area contributed by atoms with Crippen LogP contribution in [-0.4, -0.2) is 36.9 Å². The molecule has 1 aliphatic rings. The van der Waals surface area contributed by atoms with E-state index in [2.05, 4.69) is 0 Å². The van der Waals surface area contributed by atoms with Crippen molar-refractivity contribution in [2.45, 2.75) is 38.3 Å². The minimum absolute atomic E-state index is 0.000602. The van der Waals surface area contributed by atoms with E-state index < -0.39 is 17.5 Å². The Hall–Kier alpha value is -0.650. The van der Waals surface area contributed by atoms with Crippen molar-refractivity contribution >= 4 is 5.97 Å². The van der Waals surface area contributed by atoms with Crippen molar-refractivity contribution in [3.63, 3.8) is 0 Å². The summed E-state index contributed by atoms with van der Waals surface area (Å²) >= 11 is 0. The summed E-state index contributed by atoms with van der Waals surface area (Å²) in [5.74, 6) is -1.83. The maximum absolute atomic E-state index is 10.5. The van der Waals surface area contributed by atoms with Gasteiger partial charge in [-0.2, -0.15) is 0 Å². The summed E-state index contributed by atoms with van der Waals surface area (Å²) in [4.78, 5) is 10.5. The molecule has 5 nitrogen and oxygen atoms in total. The van der Waals surface area contributed by atoms with Crippen LogP contribution in [0.25, 0.3) is 0 Å². The predicted molar refractivity (Wildman–Crippen MR) is 52.3 cm³/mol. The monoisotopic (exact) mass is 218 g/mol. The van der Waals surface area contributed by atoms with Gasteiger partial charge in [-0.25, -0.2) is 0 Å². The standard InChI is InChI=1S/C10H18O5/c1-7-9(2,6-5-8(11)12)15-10(7,13-3)14-4/h7H,5-6H2,1-4H3,(H,11,12)/t7-,9-/m1/s1. The highest BCUT2D eigenvalue weighted by molar-refractivity contribution is 5.66. The third-order valence-corrected chi connectivity index (χ3v) is 3.23. The van der Waals surface area contributed by atoms with Crippen LogP contribution in [0.3, 0.4) is 0 Å². The molecule has 0 saturated carbocycles. The van der Waals surface area contributed by atoms with Gasteiger partial charge in [0.25, 0.3) is 5.97 Å². The number of carbonyl (C=O) groups is 1. The fourth-order valence-corrected chi connectivity index (χ4v) is 1.96. The predicted octanol–water partition coefficient (Wildman–Crippen LogP) is 1.22. The molecule has 1 fully saturated rings. The lowest BCUT2D eigenvalue weighted by atomic mass is 9.78. The van der Waals surface area contributed by atoms with Crippen LogP contribution in [0.15, 0.2) is 0 Å². The van der Waals surface area contributed by atoms with E-state index >= 15 is 0 Å². The summed E-state index contributed by atoms with van der Waals surface area (Å²) < 4.78 is 15.9. The number of carboxylic acids is 1. The molecule has 88 valence electrons. The molecule has 1 heterocycles. The lowest BCUT2D eigenvalue weighted by Crippen LogP contribution is -2.68. The number of ether oxygens (including phenoxy) is 3. The van der Waals surface area contributed by atoms with Crippen molar-refractivity contribution in [1.82, 2.24) is 0 Å². The van der Waals surface area contributed by atoms with Crippen LogP contribution in [0.1, 0.15) is 26.7 Å². The van der Waals surface area contributed by atoms with Gasteiger partial charge >= 0.3 is 5.97 Å². The molecule has 0 radical (unpaired) electrons. The zero-order chi connectivity index (χ0) is 11.7. The van der Waals surface area contributed by atoms with E-state index in [1.54, 1.807) is 0 Å². The van der Waals surface area contributed by atoms with Gasteiger partial charge in [-0.1, -0.05) is 6.92 Å². The van der Waals surface area contributed by atoms with E-state index in [9.17, 15) is 4.79 Å². The van der Waals surface area contributed by atoms with Gasteiger partial charge in [-0.15, -0.1) is 0 Å². The minimum Gasteiger partial charge on any atom is -0.481 e. The van der Waals surface area contributed by atoms with Crippen molar-refractivity contribution in [3.05, 3.63) is 0 Å². The molecular weight excluding hydrogens is 200 g/mol. The van der Waals surface area contributed by atoms with E-state index in [0.717, 1.165) is 0 Å². The van der Waals surface area contributed by atoms with Crippen LogP contribution >= 0.6 is 0 Å². The molecule has 1 aliphatic heterocycles. The molecular formula is C10H18O5. The van der Waals surface area contributed by atoms with Gasteiger partial charge in [0.05, 0.1) is 11.5 Å². The van der Waals surface area contributed by atoms with Gasteiger partial charge in [0.2, 0.25) is 0 Å². The highest BCUT2D eigenvalue weighted by Crippen LogP contribution is 2.50. The molecule has 0 aromatic rings. The lowest BCUT2D eigenvalue weighted by Gasteiger charge is -2.57. The van der Waals surface area contributed by atoms with Crippen LogP contribution < -0.4 is 0 Å². The Labute approximate surface area is 89.3 Å². The number of hydrogen-bond acceptors (Lipinski definition) is 4. The quantitative estimate of drug-likeness (QED) is 0.703. The van der Waals surface area contributed by atoms with Crippen molar-refractivity contribution in [2.24, 2.45) is 5.92 Å². The molecule has 1 saturated heterocycles. The first-order chi connectivity index (χ1) is 6.90. The summed E-state index contributed by atoms with van der Waals surface area (Å²) in [5, 5.41) is 8.61. The average molecular weight is 218 g/mol. The molecule has 2 atom stereocenters. The molecule has 0 amide bonds. The van der Waals surface area contributed by atoms with Crippen LogP contribution in [0.2, 0.25) is 0 Å². The smallest absolute Gasteiger partial charge is 0.303 e. The topological polar surface area (TPSA) is 65.0 Å². The maximum atomic E-state index is 10.5. The van der Waals surface area contributed by atoms with Crippen LogP contribution in [0.5, 0.6) is 0 Å². The normalized spacial score (nSPS) is 33.5. The van der Waals surface area contributed by atoms with Gasteiger partial charge in [0.1, 0.15) is 0 Å². The van der Waals surface area contributed by atoms with Gasteiger partial charge in [0.15, 0.2) is 0 Å². The maximum Gasteiger partial charge on any atom is 0.303 e. The van der Waals surface area contributed by atoms with Crippen LogP contribution in [0.4, 0.5) is 0 Å². The molecule has 1 rings (SSSR count). The molecule has 0 bridgehead atoms. The molecule has 0 aliphatic carbocycles. The van der Waals surface area contributed by atoms with Gasteiger partial charge in [0, 0.05) is 20.6 Å². The summed E-state index contributed by atoms with van der Waals surface area (Å²) in [6.07, 6.45) is 0.544. The minimum atomic E-state index is -1.01. The molecule has 0 unspecified atom stereocenters. The van der Waals surface area contributed by atoms with Gasteiger partial charge < -0.3 is 19.3 Å². The summed E-state index contributed by atoms with van der Waals surface area (Å²) in [5.41, 5.74) is -0.482. The SMILES string of the molecule is COC1(OC)O[C@](C)(CCC(=O)O)[C@H]1C. The lowest BCUT2D eigenvalue weighted by molar-refractivity contribution is -0.506. The molecule has 15 heavy (non-hydrogen) atoms. The molecule has 1 N–H and O–H groups in total. The zero-order valence-corrected chi connectivity index (χ0v) is 9.57. The van der Waals surface area contributed by atoms with Crippen molar-refractivity contribution in [3.8, 4) is 0 Å². The van der Waals surface area contributed by atoms with Crippen LogP contribution in [0, 0.1) is 5.92 Å². The summed E-state index contributed by atoms with van der Waals surface area (Å²) in [7, 11) is 3.02. The highest BCUT2D eigenvalue weighted by atomic mass is 16.9. The molecule has 0 aromatic heterocycles. The average Bonchev–Trinajstić information content (AvgIpc) is 2.22. The third-order valence-electron chi connectivity index (χ3n) is 3.23. The summed E-state index contributed by atoms with van der Waals surface area (Å²) in [6, 6.07) is 0. The Balaban J connectivity index is 2.58. The fourth-order valence-electron chi connectivity index (χ4n) is 1.96. The number of rotatable bonds is 5. The van der Waals surface area contributed by atoms with Crippen molar-refractivity contribution in [1.29, 1.82) is 0 Å². The van der Waals surface area contributed by atoms with Crippen molar-refractivity contribution < 1.29 is 24.1 Å². The van der Waals surface area contributed by atoms with E-state index in [1.807, 2.05) is 13.8 Å². The second-order valence-electron chi connectivity index (χ2n) is 4.04. The van der Waals surface area contributed by atoms with Crippen LogP contribution in [-0.2, 0) is 19.0 Å². The van der Waals surface area contributed by atoms with E-state index in [1.165, 1.54) is 14.2 Å². The first-order valence-corrected chi connectivity index (χ1v) is 4.92. The Morgan fingerprint density at radius 3 is 2.33 bits per heavy atom. The summed E-state index contributed by atoms with van der Waals surface area (Å²) in [6.45, 7) is 3.80. The van der Waals surface area contributed by atoms with E-state index in [-0.39, 0.29) is 12.3 Å². The second kappa shape index (κ2) is 4.08. The van der Waals surface area contributed by atoms with E-state index in [4.69, 9.17) is 19.3 Å². The van der Waals surface area contributed by atoms with E-state index in [0.29, 0.717) is 6.42 Å². The Kier molecular flexibility index (Phi) is 3.38. The Bertz CT molecular complexity index is 248. The van der Waals surface area contributed by atoms with Crippen molar-refractivity contribution in [2.75, 3.05) is 14.2 Å². The number of methoxy groups -OCH3 is 2. The number of hydrogen-bond donors (Lipinski definition) is 1. The first-order valence-electron chi connectivity index (χ1n) is 4.92. The molecule has 0 aromatic carbocycles. The Morgan fingerprint density at radius 2 is 2.00 bits per heavy atom. The molecule has 0 spiro atoms. The zero-order valence-electron chi connectivity index (χ0n) is 9.57. The Morgan fingerprint density at radius 1 is 1.47 bits per heavy atom.